The number of nitrogens with one attached hydrogen (secondary N) is 1. The van der Waals surface area contributed by atoms with Crippen molar-refractivity contribution in [1.29, 1.82) is 0 Å². The highest BCUT2D eigenvalue weighted by molar-refractivity contribution is 6.30. The van der Waals surface area contributed by atoms with Gasteiger partial charge in [-0.1, -0.05) is 18.0 Å². The lowest BCUT2D eigenvalue weighted by Gasteiger charge is -2.39. The molecule has 3 heterocycles. The van der Waals surface area contributed by atoms with Gasteiger partial charge in [-0.25, -0.2) is 4.39 Å². The zero-order valence-corrected chi connectivity index (χ0v) is 17.1. The summed E-state index contributed by atoms with van der Waals surface area (Å²) < 4.78 is 26.1. The number of ether oxygens (including phenoxy) is 2. The lowest BCUT2D eigenvalue weighted by Crippen LogP contribution is -2.49. The Morgan fingerprint density at radius 2 is 2.04 bits per heavy atom. The Morgan fingerprint density at radius 1 is 1.25 bits per heavy atom. The van der Waals surface area contributed by atoms with Crippen LogP contribution in [0.5, 0.6) is 11.9 Å². The molecule has 28 heavy (non-hydrogen) atoms. The first-order valence-corrected chi connectivity index (χ1v) is 9.97. The number of piperidine rings is 1. The fourth-order valence-electron chi connectivity index (χ4n) is 4.54. The van der Waals surface area contributed by atoms with Gasteiger partial charge in [-0.2, -0.15) is 15.0 Å². The minimum atomic E-state index is -0.705. The lowest BCUT2D eigenvalue weighted by atomic mass is 9.76. The van der Waals surface area contributed by atoms with Crippen LogP contribution in [0.2, 0.25) is 5.15 Å². The topological polar surface area (TPSA) is 72.4 Å². The first-order valence-electron chi connectivity index (χ1n) is 9.59. The summed E-state index contributed by atoms with van der Waals surface area (Å²) in [5.41, 5.74) is 0.147. The van der Waals surface area contributed by atoms with Gasteiger partial charge in [0.2, 0.25) is 5.88 Å². The molecule has 1 saturated carbocycles. The molecule has 2 atom stereocenters. The predicted octanol–water partition coefficient (Wildman–Crippen LogP) is 3.19. The number of pyridine rings is 1. The summed E-state index contributed by atoms with van der Waals surface area (Å²) in [4.78, 5) is 14.6. The van der Waals surface area contributed by atoms with Crippen molar-refractivity contribution in [2.75, 3.05) is 39.3 Å². The summed E-state index contributed by atoms with van der Waals surface area (Å²) >= 11 is 5.94. The fraction of sp³-hybridized carbons (Fsp3) is 0.632. The quantitative estimate of drug-likeness (QED) is 0.760. The van der Waals surface area contributed by atoms with Crippen molar-refractivity contribution < 1.29 is 13.9 Å². The Hall–Kier alpha value is -1.93. The minimum Gasteiger partial charge on any atom is -0.480 e. The molecule has 152 valence electrons. The van der Waals surface area contributed by atoms with E-state index in [-0.39, 0.29) is 28.0 Å². The minimum absolute atomic E-state index is 0.0489. The number of rotatable bonds is 5. The van der Waals surface area contributed by atoms with Crippen LogP contribution in [0.4, 0.5) is 10.2 Å². The standard InChI is InChI=1S/C19H25ClFN5O2/c1-26(2)16-12-14(13(21)15(20)24-17(12)27-3)23-18(25-16)28-10-19-7-4-6-11(19)22-9-5-8-19/h11,22H,4-10H2,1-3H3/t11-,19-/m1/s1. The van der Waals surface area contributed by atoms with Crippen molar-refractivity contribution in [2.24, 2.45) is 5.41 Å². The van der Waals surface area contributed by atoms with Crippen molar-refractivity contribution in [3.05, 3.63) is 11.0 Å². The number of halogens is 2. The first-order chi connectivity index (χ1) is 13.4. The van der Waals surface area contributed by atoms with Gasteiger partial charge in [-0.05, 0) is 32.2 Å². The van der Waals surface area contributed by atoms with Gasteiger partial charge in [0.1, 0.15) is 16.7 Å². The third-order valence-electron chi connectivity index (χ3n) is 5.93. The molecule has 0 amide bonds. The monoisotopic (exact) mass is 409 g/mol. The second-order valence-corrected chi connectivity index (χ2v) is 8.19. The highest BCUT2D eigenvalue weighted by Gasteiger charge is 2.45. The lowest BCUT2D eigenvalue weighted by molar-refractivity contribution is 0.0799. The highest BCUT2D eigenvalue weighted by Crippen LogP contribution is 2.44. The molecule has 2 aliphatic rings. The van der Waals surface area contributed by atoms with Crippen molar-refractivity contribution in [2.45, 2.75) is 38.1 Å². The number of aromatic nitrogens is 3. The molecule has 1 aliphatic carbocycles. The Labute approximate surface area is 168 Å². The number of methoxy groups -OCH3 is 1. The second kappa shape index (κ2) is 7.48. The molecule has 2 aromatic heterocycles. The Balaban J connectivity index is 1.73. The summed E-state index contributed by atoms with van der Waals surface area (Å²) in [5.74, 6) is -0.0474. The Bertz CT molecular complexity index is 896. The van der Waals surface area contributed by atoms with Crippen LogP contribution in [-0.2, 0) is 0 Å². The molecule has 9 heteroatoms. The number of fused-ring (bicyclic) bond motifs is 2. The van der Waals surface area contributed by atoms with Crippen LogP contribution in [0.1, 0.15) is 32.1 Å². The van der Waals surface area contributed by atoms with Crippen molar-refractivity contribution in [3.8, 4) is 11.9 Å². The maximum atomic E-state index is 14.7. The van der Waals surface area contributed by atoms with Gasteiger partial charge in [0, 0.05) is 25.6 Å². The van der Waals surface area contributed by atoms with E-state index in [9.17, 15) is 4.39 Å². The zero-order chi connectivity index (χ0) is 19.9. The number of nitrogens with zero attached hydrogens (tertiary/aromatic N) is 4. The molecular formula is C19H25ClFN5O2. The van der Waals surface area contributed by atoms with Crippen molar-refractivity contribution in [3.63, 3.8) is 0 Å². The SMILES string of the molecule is COc1nc(Cl)c(F)c2nc(OC[C@@]34CCCN[C@@H]3CCC4)nc(N(C)C)c12. The molecule has 2 fully saturated rings. The van der Waals surface area contributed by atoms with Gasteiger partial charge in [-0.15, -0.1) is 0 Å². The molecule has 0 bridgehead atoms. The van der Waals surface area contributed by atoms with E-state index < -0.39 is 5.82 Å². The summed E-state index contributed by atoms with van der Waals surface area (Å²) in [6, 6.07) is 0.607. The maximum absolute atomic E-state index is 14.7. The van der Waals surface area contributed by atoms with Crippen LogP contribution >= 0.6 is 11.6 Å². The highest BCUT2D eigenvalue weighted by atomic mass is 35.5. The molecule has 0 unspecified atom stereocenters. The third-order valence-corrected chi connectivity index (χ3v) is 6.18. The summed E-state index contributed by atoms with van der Waals surface area (Å²) in [7, 11) is 5.08. The van der Waals surface area contributed by atoms with Crippen LogP contribution in [0.15, 0.2) is 0 Å². The van der Waals surface area contributed by atoms with Gasteiger partial charge in [0.05, 0.1) is 13.7 Å². The van der Waals surface area contributed by atoms with Crippen LogP contribution in [0.3, 0.4) is 0 Å². The largest absolute Gasteiger partial charge is 0.480 e. The van der Waals surface area contributed by atoms with Crippen LogP contribution in [0.25, 0.3) is 10.9 Å². The van der Waals surface area contributed by atoms with E-state index in [1.54, 1.807) is 4.90 Å². The molecule has 2 aromatic rings. The molecule has 0 radical (unpaired) electrons. The summed E-state index contributed by atoms with van der Waals surface area (Å²) in [6.45, 7) is 1.57. The van der Waals surface area contributed by atoms with Crippen LogP contribution in [0, 0.1) is 11.2 Å². The summed E-state index contributed by atoms with van der Waals surface area (Å²) in [5, 5.41) is 3.70. The van der Waals surface area contributed by atoms with E-state index in [4.69, 9.17) is 21.1 Å². The van der Waals surface area contributed by atoms with E-state index in [1.807, 2.05) is 14.1 Å². The summed E-state index contributed by atoms with van der Waals surface area (Å²) in [6.07, 6.45) is 5.73. The van der Waals surface area contributed by atoms with E-state index in [0.29, 0.717) is 23.9 Å². The van der Waals surface area contributed by atoms with E-state index in [2.05, 4.69) is 20.3 Å². The van der Waals surface area contributed by atoms with Gasteiger partial charge < -0.3 is 19.7 Å². The normalized spacial score (nSPS) is 24.2. The molecular weight excluding hydrogens is 385 g/mol. The average molecular weight is 410 g/mol. The molecule has 1 aliphatic heterocycles. The van der Waals surface area contributed by atoms with Crippen molar-refractivity contribution >= 4 is 28.3 Å². The van der Waals surface area contributed by atoms with Crippen molar-refractivity contribution in [1.82, 2.24) is 20.3 Å². The molecule has 7 nitrogen and oxygen atoms in total. The zero-order valence-electron chi connectivity index (χ0n) is 16.4. The predicted molar refractivity (Wildman–Crippen MR) is 106 cm³/mol. The molecule has 1 saturated heterocycles. The molecule has 0 spiro atoms. The van der Waals surface area contributed by atoms with Gasteiger partial charge in [0.25, 0.3) is 0 Å². The second-order valence-electron chi connectivity index (χ2n) is 7.83. The molecule has 1 N–H and O–H groups in total. The van der Waals surface area contributed by atoms with E-state index in [0.717, 1.165) is 32.2 Å². The van der Waals surface area contributed by atoms with E-state index >= 15 is 0 Å². The molecule has 0 aromatic carbocycles. The average Bonchev–Trinajstić information content (AvgIpc) is 3.12. The first kappa shape index (κ1) is 19.4. The Morgan fingerprint density at radius 3 is 2.79 bits per heavy atom. The Kier molecular flexibility index (Phi) is 5.18. The third kappa shape index (κ3) is 3.22. The van der Waals surface area contributed by atoms with Crippen LogP contribution < -0.4 is 19.7 Å². The molecule has 4 rings (SSSR count). The van der Waals surface area contributed by atoms with Crippen LogP contribution in [-0.4, -0.2) is 55.4 Å². The number of anilines is 1. The van der Waals surface area contributed by atoms with E-state index in [1.165, 1.54) is 13.5 Å². The smallest absolute Gasteiger partial charge is 0.319 e. The number of hydrogen-bond donors (Lipinski definition) is 1. The van der Waals surface area contributed by atoms with Gasteiger partial charge >= 0.3 is 6.01 Å². The number of hydrogen-bond acceptors (Lipinski definition) is 7. The van der Waals surface area contributed by atoms with Gasteiger partial charge in [0.15, 0.2) is 11.0 Å². The maximum Gasteiger partial charge on any atom is 0.319 e. The van der Waals surface area contributed by atoms with Gasteiger partial charge in [-0.3, -0.25) is 0 Å². The fourth-order valence-corrected chi connectivity index (χ4v) is 4.71.